The molecule has 6 heteroatoms. The van der Waals surface area contributed by atoms with E-state index in [0.717, 1.165) is 49.7 Å². The Kier molecular flexibility index (Phi) is 5.45. The molecule has 3 rings (SSSR count). The van der Waals surface area contributed by atoms with Crippen molar-refractivity contribution in [1.29, 1.82) is 0 Å². The highest BCUT2D eigenvalue weighted by atomic mass is 16.5. The standard InChI is InChI=1S/C18H27N3O3/c1-23-16-9-15(10-17(11-16)24-2)21-7-5-14(12-21)20-18(22)8-13-4-3-6-19-13/h9-11,13-14,19H,3-8,12H2,1-2H3,(H,20,22). The van der Waals surface area contributed by atoms with Crippen molar-refractivity contribution in [1.82, 2.24) is 10.6 Å². The molecule has 0 radical (unpaired) electrons. The maximum atomic E-state index is 12.2. The van der Waals surface area contributed by atoms with Crippen molar-refractivity contribution in [2.24, 2.45) is 0 Å². The number of ether oxygens (including phenoxy) is 2. The minimum Gasteiger partial charge on any atom is -0.497 e. The Morgan fingerprint density at radius 2 is 2.00 bits per heavy atom. The van der Waals surface area contributed by atoms with E-state index in [0.29, 0.717) is 12.5 Å². The molecular weight excluding hydrogens is 306 g/mol. The van der Waals surface area contributed by atoms with Gasteiger partial charge >= 0.3 is 0 Å². The van der Waals surface area contributed by atoms with Gasteiger partial charge in [-0.2, -0.15) is 0 Å². The fourth-order valence-electron chi connectivity index (χ4n) is 3.53. The number of rotatable bonds is 6. The molecule has 2 fully saturated rings. The van der Waals surface area contributed by atoms with Gasteiger partial charge < -0.3 is 25.0 Å². The number of carbonyl (C=O) groups is 1. The molecule has 1 aromatic carbocycles. The van der Waals surface area contributed by atoms with Crippen molar-refractivity contribution in [2.75, 3.05) is 38.8 Å². The van der Waals surface area contributed by atoms with Gasteiger partial charge in [-0.05, 0) is 25.8 Å². The molecule has 0 aromatic heterocycles. The number of carbonyl (C=O) groups excluding carboxylic acids is 1. The minimum absolute atomic E-state index is 0.157. The van der Waals surface area contributed by atoms with Crippen LogP contribution >= 0.6 is 0 Å². The third-order valence-electron chi connectivity index (χ3n) is 4.85. The zero-order chi connectivity index (χ0) is 16.9. The van der Waals surface area contributed by atoms with Gasteiger partial charge in [-0.1, -0.05) is 0 Å². The lowest BCUT2D eigenvalue weighted by Gasteiger charge is -2.21. The van der Waals surface area contributed by atoms with Crippen LogP contribution in [-0.2, 0) is 4.79 Å². The van der Waals surface area contributed by atoms with Crippen molar-refractivity contribution in [3.05, 3.63) is 18.2 Å². The lowest BCUT2D eigenvalue weighted by atomic mass is 10.1. The van der Waals surface area contributed by atoms with E-state index in [9.17, 15) is 4.79 Å². The molecule has 2 N–H and O–H groups in total. The van der Waals surface area contributed by atoms with E-state index in [2.05, 4.69) is 15.5 Å². The van der Waals surface area contributed by atoms with Gasteiger partial charge in [0.25, 0.3) is 0 Å². The van der Waals surface area contributed by atoms with Crippen LogP contribution in [0.3, 0.4) is 0 Å². The van der Waals surface area contributed by atoms with Crippen molar-refractivity contribution < 1.29 is 14.3 Å². The molecular formula is C18H27N3O3. The SMILES string of the molecule is COc1cc(OC)cc(N2CCC(NC(=O)CC3CCCN3)C2)c1. The first-order valence-electron chi connectivity index (χ1n) is 8.68. The van der Waals surface area contributed by atoms with Gasteiger partial charge in [0.05, 0.1) is 14.2 Å². The van der Waals surface area contributed by atoms with Crippen LogP contribution in [0.5, 0.6) is 11.5 Å². The quantitative estimate of drug-likeness (QED) is 0.827. The van der Waals surface area contributed by atoms with E-state index in [1.165, 1.54) is 6.42 Å². The van der Waals surface area contributed by atoms with Crippen LogP contribution < -0.4 is 25.0 Å². The molecule has 2 aliphatic rings. The van der Waals surface area contributed by atoms with E-state index >= 15 is 0 Å². The Balaban J connectivity index is 1.55. The van der Waals surface area contributed by atoms with E-state index < -0.39 is 0 Å². The molecule has 2 atom stereocenters. The van der Waals surface area contributed by atoms with Crippen LogP contribution in [0.4, 0.5) is 5.69 Å². The highest BCUT2D eigenvalue weighted by Crippen LogP contribution is 2.30. The molecule has 0 aliphatic carbocycles. The second-order valence-corrected chi connectivity index (χ2v) is 6.57. The van der Waals surface area contributed by atoms with E-state index in [1.54, 1.807) is 14.2 Å². The predicted octanol–water partition coefficient (Wildman–Crippen LogP) is 1.54. The van der Waals surface area contributed by atoms with Crippen molar-refractivity contribution >= 4 is 11.6 Å². The first-order chi connectivity index (χ1) is 11.7. The molecule has 2 aliphatic heterocycles. The average Bonchev–Trinajstić information content (AvgIpc) is 3.26. The van der Waals surface area contributed by atoms with Gasteiger partial charge in [0.15, 0.2) is 0 Å². The first-order valence-corrected chi connectivity index (χ1v) is 8.68. The van der Waals surface area contributed by atoms with Gasteiger partial charge in [0.1, 0.15) is 11.5 Å². The number of anilines is 1. The Labute approximate surface area is 143 Å². The largest absolute Gasteiger partial charge is 0.497 e. The maximum Gasteiger partial charge on any atom is 0.221 e. The molecule has 132 valence electrons. The fraction of sp³-hybridized carbons (Fsp3) is 0.611. The van der Waals surface area contributed by atoms with Gasteiger partial charge in [-0.25, -0.2) is 0 Å². The zero-order valence-electron chi connectivity index (χ0n) is 14.5. The maximum absolute atomic E-state index is 12.2. The number of benzene rings is 1. The van der Waals surface area contributed by atoms with Crippen molar-refractivity contribution in [3.8, 4) is 11.5 Å². The number of nitrogens with one attached hydrogen (secondary N) is 2. The lowest BCUT2D eigenvalue weighted by molar-refractivity contribution is -0.122. The molecule has 2 saturated heterocycles. The summed E-state index contributed by atoms with van der Waals surface area (Å²) in [6, 6.07) is 6.44. The second kappa shape index (κ2) is 7.75. The van der Waals surface area contributed by atoms with Crippen LogP contribution in [0, 0.1) is 0 Å². The molecule has 0 bridgehead atoms. The molecule has 0 saturated carbocycles. The molecule has 2 heterocycles. The highest BCUT2D eigenvalue weighted by Gasteiger charge is 2.26. The number of methoxy groups -OCH3 is 2. The minimum atomic E-state index is 0.157. The van der Waals surface area contributed by atoms with Crippen molar-refractivity contribution in [2.45, 2.75) is 37.8 Å². The number of hydrogen-bond acceptors (Lipinski definition) is 5. The monoisotopic (exact) mass is 333 g/mol. The van der Waals surface area contributed by atoms with Crippen LogP contribution in [0.25, 0.3) is 0 Å². The molecule has 1 aromatic rings. The summed E-state index contributed by atoms with van der Waals surface area (Å²) in [4.78, 5) is 14.5. The molecule has 1 amide bonds. The zero-order valence-corrected chi connectivity index (χ0v) is 14.5. The van der Waals surface area contributed by atoms with E-state index in [-0.39, 0.29) is 11.9 Å². The van der Waals surface area contributed by atoms with Gasteiger partial charge in [-0.15, -0.1) is 0 Å². The predicted molar refractivity (Wildman–Crippen MR) is 93.9 cm³/mol. The fourth-order valence-corrected chi connectivity index (χ4v) is 3.53. The molecule has 24 heavy (non-hydrogen) atoms. The number of nitrogens with zero attached hydrogens (tertiary/aromatic N) is 1. The summed E-state index contributed by atoms with van der Waals surface area (Å²) >= 11 is 0. The van der Waals surface area contributed by atoms with Gasteiger partial charge in [0.2, 0.25) is 5.91 Å². The van der Waals surface area contributed by atoms with Crippen LogP contribution in [0.1, 0.15) is 25.7 Å². The van der Waals surface area contributed by atoms with Crippen molar-refractivity contribution in [3.63, 3.8) is 0 Å². The van der Waals surface area contributed by atoms with Crippen LogP contribution in [0.15, 0.2) is 18.2 Å². The molecule has 2 unspecified atom stereocenters. The Morgan fingerprint density at radius 3 is 2.62 bits per heavy atom. The van der Waals surface area contributed by atoms with E-state index in [4.69, 9.17) is 9.47 Å². The smallest absolute Gasteiger partial charge is 0.221 e. The Hall–Kier alpha value is -1.95. The summed E-state index contributed by atoms with van der Waals surface area (Å²) in [5.74, 6) is 1.72. The Bertz CT molecular complexity index is 550. The van der Waals surface area contributed by atoms with E-state index in [1.807, 2.05) is 18.2 Å². The van der Waals surface area contributed by atoms with Crippen LogP contribution in [-0.4, -0.2) is 51.8 Å². The van der Waals surface area contributed by atoms with Crippen LogP contribution in [0.2, 0.25) is 0 Å². The number of amides is 1. The summed E-state index contributed by atoms with van der Waals surface area (Å²) in [6.07, 6.45) is 3.83. The highest BCUT2D eigenvalue weighted by molar-refractivity contribution is 5.77. The van der Waals surface area contributed by atoms with Gasteiger partial charge in [0, 0.05) is 55.5 Å². The summed E-state index contributed by atoms with van der Waals surface area (Å²) < 4.78 is 10.7. The average molecular weight is 333 g/mol. The summed E-state index contributed by atoms with van der Waals surface area (Å²) in [5.41, 5.74) is 1.07. The normalized spacial score (nSPS) is 23.3. The second-order valence-electron chi connectivity index (χ2n) is 6.57. The summed E-state index contributed by atoms with van der Waals surface area (Å²) in [5, 5.41) is 6.55. The topological polar surface area (TPSA) is 62.8 Å². The summed E-state index contributed by atoms with van der Waals surface area (Å²) in [7, 11) is 3.31. The third-order valence-corrected chi connectivity index (χ3v) is 4.85. The molecule has 6 nitrogen and oxygen atoms in total. The molecule has 0 spiro atoms. The summed E-state index contributed by atoms with van der Waals surface area (Å²) in [6.45, 7) is 2.77. The first kappa shape index (κ1) is 16.9. The number of hydrogen-bond donors (Lipinski definition) is 2. The third kappa shape index (κ3) is 4.12. The van der Waals surface area contributed by atoms with Gasteiger partial charge in [-0.3, -0.25) is 4.79 Å². The Morgan fingerprint density at radius 1 is 1.25 bits per heavy atom. The lowest BCUT2D eigenvalue weighted by Crippen LogP contribution is -2.39.